The fraction of sp³-hybridized carbons (Fsp3) is 0.689. The van der Waals surface area contributed by atoms with E-state index in [9.17, 15) is 39.5 Å². The Bertz CT molecular complexity index is 1540. The van der Waals surface area contributed by atoms with Crippen LogP contribution in [0.15, 0.2) is 41.4 Å². The van der Waals surface area contributed by atoms with E-state index in [1.165, 1.54) is 63.9 Å². The molecule has 60 heavy (non-hydrogen) atoms. The zero-order chi connectivity index (χ0) is 43.7. The molecule has 336 valence electrons. The molecule has 6 atom stereocenters. The second-order valence-electron chi connectivity index (χ2n) is 16.2. The normalized spacial score (nSPS) is 19.5. The monoisotopic (exact) mass is 842 g/mol. The molecule has 0 spiro atoms. The summed E-state index contributed by atoms with van der Waals surface area (Å²) >= 11 is 0. The van der Waals surface area contributed by atoms with Crippen LogP contribution in [0.25, 0.3) is 0 Å². The number of benzene rings is 1. The van der Waals surface area contributed by atoms with Gasteiger partial charge >= 0.3 is 5.97 Å². The molecule has 0 aromatic heterocycles. The van der Waals surface area contributed by atoms with Gasteiger partial charge in [0.05, 0.1) is 11.5 Å². The van der Waals surface area contributed by atoms with Crippen molar-refractivity contribution in [3.63, 3.8) is 0 Å². The van der Waals surface area contributed by atoms with Gasteiger partial charge in [0.1, 0.15) is 30.0 Å². The zero-order valence-electron chi connectivity index (χ0n) is 36.1. The third-order valence-electron chi connectivity index (χ3n) is 11.2. The fourth-order valence-electron chi connectivity index (χ4n) is 7.44. The van der Waals surface area contributed by atoms with E-state index in [1.807, 2.05) is 6.08 Å². The van der Waals surface area contributed by atoms with Gasteiger partial charge in [0.2, 0.25) is 24.1 Å². The van der Waals surface area contributed by atoms with Crippen LogP contribution >= 0.6 is 0 Å². The van der Waals surface area contributed by atoms with Crippen molar-refractivity contribution >= 4 is 36.0 Å². The summed E-state index contributed by atoms with van der Waals surface area (Å²) in [5.41, 5.74) is 0.319. The van der Waals surface area contributed by atoms with Crippen LogP contribution in [-0.2, 0) is 33.4 Å². The maximum atomic E-state index is 14.0. The van der Waals surface area contributed by atoms with Crippen molar-refractivity contribution in [2.24, 2.45) is 10.9 Å². The molecule has 3 rings (SSSR count). The lowest BCUT2D eigenvalue weighted by Crippen LogP contribution is -2.51. The summed E-state index contributed by atoms with van der Waals surface area (Å²) in [7, 11) is 0. The van der Waals surface area contributed by atoms with Crippen molar-refractivity contribution in [2.75, 3.05) is 13.1 Å². The van der Waals surface area contributed by atoms with Gasteiger partial charge in [-0.25, -0.2) is 19.9 Å². The Morgan fingerprint density at radius 1 is 0.967 bits per heavy atom. The number of carbonyl (C=O) groups excluding carboxylic acids is 5. The molecule has 0 aliphatic carbocycles. The summed E-state index contributed by atoms with van der Waals surface area (Å²) in [4.78, 5) is 69.5. The number of aliphatic imine (C=N–C) groups is 1. The standard InChI is InChI=1S/C45H71N5O10/c1-4-5-6-7-8-9-10-11-12-13-14-15-16-17-18-29-39(33(2)41(53)46-36-26-22-24-31-50(58)44(36)55)60-45(56)37(27-21-23-30-49(57)32-51)47-42(54)40-34(3)59-43(48-40)35-25-19-20-28-38(35)52/h16-17,19-20,25,28,32-34,36-37,39-40,52,57-58H,4-15,18,21-24,26-27,29-31H2,1-3H3,(H,46,53)(H,47,54)/b17-16-/t33?,34-,36-,37+,39?,40+/m1/s1. The number of nitrogens with zero attached hydrogens (tertiary/aromatic N) is 3. The molecule has 15 nitrogen and oxygen atoms in total. The Hall–Kier alpha value is -4.50. The molecule has 2 unspecified atom stereocenters. The van der Waals surface area contributed by atoms with E-state index < -0.39 is 59.9 Å². The Morgan fingerprint density at radius 3 is 2.32 bits per heavy atom. The van der Waals surface area contributed by atoms with E-state index in [2.05, 4.69) is 28.6 Å². The molecule has 1 aromatic carbocycles. The number of nitrogens with one attached hydrogen (secondary N) is 2. The van der Waals surface area contributed by atoms with Gasteiger partial charge in [0.15, 0.2) is 6.04 Å². The average molecular weight is 842 g/mol. The van der Waals surface area contributed by atoms with Gasteiger partial charge in [-0.3, -0.25) is 29.6 Å². The maximum absolute atomic E-state index is 14.0. The minimum atomic E-state index is -1.18. The number of allylic oxidation sites excluding steroid dienone is 2. The molecule has 1 saturated heterocycles. The lowest BCUT2D eigenvalue weighted by Gasteiger charge is -2.28. The first-order chi connectivity index (χ1) is 29.0. The van der Waals surface area contributed by atoms with Crippen molar-refractivity contribution in [1.29, 1.82) is 0 Å². The third-order valence-corrected chi connectivity index (χ3v) is 11.2. The van der Waals surface area contributed by atoms with Crippen LogP contribution in [0.2, 0.25) is 0 Å². The quantitative estimate of drug-likeness (QED) is 0.0141. The number of esters is 1. The molecule has 5 N–H and O–H groups in total. The number of ether oxygens (including phenoxy) is 2. The lowest BCUT2D eigenvalue weighted by molar-refractivity contribution is -0.167. The second-order valence-corrected chi connectivity index (χ2v) is 16.2. The van der Waals surface area contributed by atoms with Gasteiger partial charge in [-0.05, 0) is 83.3 Å². The molecule has 2 heterocycles. The molecule has 4 amide bonds. The molecule has 2 aliphatic heterocycles. The van der Waals surface area contributed by atoms with Crippen LogP contribution in [-0.4, -0.2) is 105 Å². The van der Waals surface area contributed by atoms with Gasteiger partial charge in [-0.1, -0.05) is 102 Å². The Labute approximate surface area is 356 Å². The van der Waals surface area contributed by atoms with Gasteiger partial charge < -0.3 is 25.2 Å². The second kappa shape index (κ2) is 28.1. The first-order valence-corrected chi connectivity index (χ1v) is 22.4. The van der Waals surface area contributed by atoms with E-state index in [4.69, 9.17) is 9.47 Å². The van der Waals surface area contributed by atoms with Crippen molar-refractivity contribution < 1.29 is 49.0 Å². The zero-order valence-corrected chi connectivity index (χ0v) is 36.1. The van der Waals surface area contributed by atoms with Crippen LogP contribution in [0, 0.1) is 5.92 Å². The molecule has 1 aromatic rings. The molecule has 0 bridgehead atoms. The Kier molecular flexibility index (Phi) is 23.4. The van der Waals surface area contributed by atoms with Crippen LogP contribution in [0.4, 0.5) is 0 Å². The largest absolute Gasteiger partial charge is 0.507 e. The molecular weight excluding hydrogens is 771 g/mol. The van der Waals surface area contributed by atoms with E-state index in [-0.39, 0.29) is 37.6 Å². The van der Waals surface area contributed by atoms with Crippen molar-refractivity contribution in [3.05, 3.63) is 42.0 Å². The van der Waals surface area contributed by atoms with Gasteiger partial charge in [0, 0.05) is 13.1 Å². The van der Waals surface area contributed by atoms with Crippen molar-refractivity contribution in [1.82, 2.24) is 20.8 Å². The number of aromatic hydroxyl groups is 1. The van der Waals surface area contributed by atoms with Crippen molar-refractivity contribution in [2.45, 2.75) is 180 Å². The predicted molar refractivity (Wildman–Crippen MR) is 227 cm³/mol. The molecular formula is C45H71N5O10. The highest BCUT2D eigenvalue weighted by Crippen LogP contribution is 2.25. The molecule has 0 saturated carbocycles. The minimum Gasteiger partial charge on any atom is -0.507 e. The predicted octanol–water partition coefficient (Wildman–Crippen LogP) is 6.90. The minimum absolute atomic E-state index is 0.0114. The van der Waals surface area contributed by atoms with Gasteiger partial charge in [-0.15, -0.1) is 0 Å². The van der Waals surface area contributed by atoms with E-state index in [1.54, 1.807) is 32.0 Å². The number of hydrogen-bond donors (Lipinski definition) is 5. The molecule has 15 heteroatoms. The lowest BCUT2D eigenvalue weighted by atomic mass is 9.97. The number of rotatable bonds is 29. The van der Waals surface area contributed by atoms with Crippen LogP contribution in [0.3, 0.4) is 0 Å². The summed E-state index contributed by atoms with van der Waals surface area (Å²) in [6.07, 6.45) is 20.7. The third kappa shape index (κ3) is 17.6. The summed E-state index contributed by atoms with van der Waals surface area (Å²) < 4.78 is 11.9. The van der Waals surface area contributed by atoms with Crippen LogP contribution in [0.5, 0.6) is 5.75 Å². The van der Waals surface area contributed by atoms with Gasteiger partial charge in [-0.2, -0.15) is 0 Å². The summed E-state index contributed by atoms with van der Waals surface area (Å²) in [6, 6.07) is 3.29. The highest BCUT2D eigenvalue weighted by molar-refractivity contribution is 6.01. The number of unbranched alkanes of at least 4 members (excludes halogenated alkanes) is 12. The number of amides is 4. The smallest absolute Gasteiger partial charge is 0.328 e. The first-order valence-electron chi connectivity index (χ1n) is 22.4. The summed E-state index contributed by atoms with van der Waals surface area (Å²) in [5, 5.41) is 36.7. The number of carbonyl (C=O) groups is 5. The first kappa shape index (κ1) is 49.9. The summed E-state index contributed by atoms with van der Waals surface area (Å²) in [6.45, 7) is 5.70. The number of phenols is 1. The Morgan fingerprint density at radius 2 is 1.63 bits per heavy atom. The average Bonchev–Trinajstić information content (AvgIpc) is 3.56. The highest BCUT2D eigenvalue weighted by Gasteiger charge is 2.38. The van der Waals surface area contributed by atoms with E-state index in [0.717, 1.165) is 19.3 Å². The number of hydrogen-bond acceptors (Lipinski definition) is 11. The van der Waals surface area contributed by atoms with E-state index in [0.29, 0.717) is 60.6 Å². The topological polar surface area (TPSA) is 207 Å². The number of phenolic OH excluding ortho intramolecular Hbond substituents is 1. The SMILES string of the molecule is CCCCCCCCCCCCC/C=C\CCC(OC(=O)[C@H](CCCCN(O)C=O)NC(=O)[C@H]1N=C(c2ccccc2O)O[C@@H]1C)C(C)C(=O)N[C@@H]1CCCCN(O)C1=O. The molecule has 1 fully saturated rings. The van der Waals surface area contributed by atoms with E-state index >= 15 is 0 Å². The highest BCUT2D eigenvalue weighted by atomic mass is 16.5. The van der Waals surface area contributed by atoms with Gasteiger partial charge in [0.25, 0.3) is 5.91 Å². The Balaban J connectivity index is 1.68. The molecule has 2 aliphatic rings. The number of hydroxylamine groups is 4. The van der Waals surface area contributed by atoms with Crippen LogP contribution in [0.1, 0.15) is 155 Å². The fourth-order valence-corrected chi connectivity index (χ4v) is 7.44. The van der Waals surface area contributed by atoms with Crippen molar-refractivity contribution in [3.8, 4) is 5.75 Å². The summed E-state index contributed by atoms with van der Waals surface area (Å²) in [5.74, 6) is -3.36. The van der Waals surface area contributed by atoms with Crippen LogP contribution < -0.4 is 10.6 Å². The molecule has 0 radical (unpaired) electrons. The maximum Gasteiger partial charge on any atom is 0.328 e. The number of para-hydroxylation sites is 1.